The van der Waals surface area contributed by atoms with Crippen LogP contribution < -0.4 is 5.32 Å². The molecule has 1 aliphatic carbocycles. The molecule has 0 spiro atoms. The molecule has 1 saturated heterocycles. The lowest BCUT2D eigenvalue weighted by atomic mass is 9.76. The summed E-state index contributed by atoms with van der Waals surface area (Å²) in [6, 6.07) is 3.40. The predicted octanol–water partition coefficient (Wildman–Crippen LogP) is 3.96. The van der Waals surface area contributed by atoms with E-state index in [1.54, 1.807) is 0 Å². The van der Waals surface area contributed by atoms with Crippen molar-refractivity contribution in [1.82, 2.24) is 15.2 Å². The van der Waals surface area contributed by atoms with E-state index in [4.69, 9.17) is 4.74 Å². The third kappa shape index (κ3) is 3.75. The van der Waals surface area contributed by atoms with Gasteiger partial charge in [-0.25, -0.2) is 4.98 Å². The van der Waals surface area contributed by atoms with E-state index in [-0.39, 0.29) is 5.41 Å². The molecule has 2 aromatic heterocycles. The Morgan fingerprint density at radius 3 is 2.92 bits per heavy atom. The fourth-order valence-corrected chi connectivity index (χ4v) is 4.01. The lowest BCUT2D eigenvalue weighted by Crippen LogP contribution is -2.23. The quantitative estimate of drug-likeness (QED) is 0.812. The van der Waals surface area contributed by atoms with Gasteiger partial charge in [0.05, 0.1) is 5.69 Å². The van der Waals surface area contributed by atoms with Crippen LogP contribution in [-0.4, -0.2) is 34.9 Å². The van der Waals surface area contributed by atoms with Gasteiger partial charge in [0.1, 0.15) is 5.82 Å². The van der Waals surface area contributed by atoms with Gasteiger partial charge >= 0.3 is 0 Å². The highest BCUT2D eigenvalue weighted by Crippen LogP contribution is 2.38. The standard InChI is InChI=1S/C20H27FN4O/c1-20(2)6-3-15-16(11-20)24-25-19(15)14-9-17(21)23-18(10-14)22-12-13-4-7-26-8-5-13/h9-10,13H,3-8,11-12H2,1-2H3,(H,22,23)(H,24,25). The van der Waals surface area contributed by atoms with Crippen molar-refractivity contribution in [2.24, 2.45) is 11.3 Å². The molecule has 4 rings (SSSR count). The molecule has 2 aliphatic rings. The van der Waals surface area contributed by atoms with Gasteiger partial charge in [-0.3, -0.25) is 5.10 Å². The molecule has 0 amide bonds. The zero-order valence-corrected chi connectivity index (χ0v) is 15.6. The van der Waals surface area contributed by atoms with Crippen molar-refractivity contribution >= 4 is 5.82 Å². The van der Waals surface area contributed by atoms with Crippen LogP contribution >= 0.6 is 0 Å². The van der Waals surface area contributed by atoms with E-state index in [2.05, 4.69) is 34.3 Å². The number of nitrogens with zero attached hydrogens (tertiary/aromatic N) is 2. The summed E-state index contributed by atoms with van der Waals surface area (Å²) < 4.78 is 19.5. The smallest absolute Gasteiger partial charge is 0.215 e. The summed E-state index contributed by atoms with van der Waals surface area (Å²) in [5, 5.41) is 11.0. The van der Waals surface area contributed by atoms with Gasteiger partial charge < -0.3 is 10.1 Å². The summed E-state index contributed by atoms with van der Waals surface area (Å²) in [4.78, 5) is 4.02. The first kappa shape index (κ1) is 17.5. The molecule has 0 atom stereocenters. The summed E-state index contributed by atoms with van der Waals surface area (Å²) in [5.74, 6) is 0.668. The second-order valence-corrected chi connectivity index (χ2v) is 8.37. The van der Waals surface area contributed by atoms with Gasteiger partial charge in [-0.1, -0.05) is 13.8 Å². The van der Waals surface area contributed by atoms with Crippen molar-refractivity contribution in [3.63, 3.8) is 0 Å². The van der Waals surface area contributed by atoms with Crippen molar-refractivity contribution in [3.05, 3.63) is 29.3 Å². The molecule has 2 aromatic rings. The highest BCUT2D eigenvalue weighted by Gasteiger charge is 2.29. The SMILES string of the molecule is CC1(C)CCc2c(-c3cc(F)nc(NCC4CCOCC4)c3)n[nH]c2C1. The molecule has 140 valence electrons. The van der Waals surface area contributed by atoms with Crippen LogP contribution in [0.1, 0.15) is 44.4 Å². The van der Waals surface area contributed by atoms with Crippen molar-refractivity contribution < 1.29 is 9.13 Å². The molecule has 2 N–H and O–H groups in total. The summed E-state index contributed by atoms with van der Waals surface area (Å²) in [7, 11) is 0. The molecule has 0 bridgehead atoms. The van der Waals surface area contributed by atoms with Crippen molar-refractivity contribution in [2.45, 2.75) is 46.0 Å². The average molecular weight is 358 g/mol. The fourth-order valence-electron chi connectivity index (χ4n) is 4.01. The van der Waals surface area contributed by atoms with Gasteiger partial charge in [-0.2, -0.15) is 9.49 Å². The van der Waals surface area contributed by atoms with E-state index in [0.717, 1.165) is 63.1 Å². The second-order valence-electron chi connectivity index (χ2n) is 8.37. The number of halogens is 1. The first-order valence-corrected chi connectivity index (χ1v) is 9.56. The van der Waals surface area contributed by atoms with E-state index >= 15 is 0 Å². The molecule has 1 aliphatic heterocycles. The maximum absolute atomic E-state index is 14.1. The largest absolute Gasteiger partial charge is 0.381 e. The number of nitrogens with one attached hydrogen (secondary N) is 2. The number of pyridine rings is 1. The summed E-state index contributed by atoms with van der Waals surface area (Å²) in [5.41, 5.74) is 4.36. The van der Waals surface area contributed by atoms with Crippen LogP contribution in [0.15, 0.2) is 12.1 Å². The van der Waals surface area contributed by atoms with Crippen LogP contribution in [0.25, 0.3) is 11.3 Å². The number of fused-ring (bicyclic) bond motifs is 1. The zero-order chi connectivity index (χ0) is 18.1. The molecule has 0 radical (unpaired) electrons. The average Bonchev–Trinajstić information content (AvgIpc) is 3.02. The van der Waals surface area contributed by atoms with E-state index in [9.17, 15) is 4.39 Å². The minimum atomic E-state index is -0.468. The molecule has 6 heteroatoms. The lowest BCUT2D eigenvalue weighted by molar-refractivity contribution is 0.0699. The highest BCUT2D eigenvalue weighted by atomic mass is 19.1. The molecule has 5 nitrogen and oxygen atoms in total. The second kappa shape index (κ2) is 6.99. The summed E-state index contributed by atoms with van der Waals surface area (Å²) in [6.45, 7) is 6.97. The Morgan fingerprint density at radius 2 is 2.12 bits per heavy atom. The highest BCUT2D eigenvalue weighted by molar-refractivity contribution is 5.67. The third-order valence-electron chi connectivity index (χ3n) is 5.64. The number of anilines is 1. The van der Waals surface area contributed by atoms with Gasteiger partial charge in [0.15, 0.2) is 0 Å². The van der Waals surface area contributed by atoms with Gasteiger partial charge in [-0.15, -0.1) is 0 Å². The third-order valence-corrected chi connectivity index (χ3v) is 5.64. The normalized spacial score (nSPS) is 20.0. The Hall–Kier alpha value is -1.95. The molecule has 3 heterocycles. The molecule has 1 fully saturated rings. The van der Waals surface area contributed by atoms with Gasteiger partial charge in [0, 0.05) is 42.6 Å². The van der Waals surface area contributed by atoms with Crippen LogP contribution in [0.3, 0.4) is 0 Å². The Bertz CT molecular complexity index is 780. The molecular weight excluding hydrogens is 331 g/mol. The number of rotatable bonds is 4. The molecular formula is C20H27FN4O. The van der Waals surface area contributed by atoms with Crippen LogP contribution in [0.2, 0.25) is 0 Å². The number of aromatic nitrogens is 3. The Kier molecular flexibility index (Phi) is 4.69. The molecule has 0 unspecified atom stereocenters. The number of hydrogen-bond donors (Lipinski definition) is 2. The van der Waals surface area contributed by atoms with Gasteiger partial charge in [0.25, 0.3) is 0 Å². The van der Waals surface area contributed by atoms with E-state index in [0.29, 0.717) is 11.7 Å². The van der Waals surface area contributed by atoms with Crippen molar-refractivity contribution in [1.29, 1.82) is 0 Å². The van der Waals surface area contributed by atoms with E-state index in [1.807, 2.05) is 6.07 Å². The summed E-state index contributed by atoms with van der Waals surface area (Å²) >= 11 is 0. The number of ether oxygens (including phenoxy) is 1. The number of hydrogen-bond acceptors (Lipinski definition) is 4. The predicted molar refractivity (Wildman–Crippen MR) is 99.6 cm³/mol. The Morgan fingerprint density at radius 1 is 1.31 bits per heavy atom. The van der Waals surface area contributed by atoms with Crippen LogP contribution in [0.5, 0.6) is 0 Å². The maximum Gasteiger partial charge on any atom is 0.215 e. The molecule has 0 aromatic carbocycles. The first-order valence-electron chi connectivity index (χ1n) is 9.56. The maximum atomic E-state index is 14.1. The van der Waals surface area contributed by atoms with Crippen LogP contribution in [-0.2, 0) is 17.6 Å². The molecule has 0 saturated carbocycles. The topological polar surface area (TPSA) is 62.8 Å². The van der Waals surface area contributed by atoms with Crippen molar-refractivity contribution in [3.8, 4) is 11.3 Å². The number of H-pyrrole nitrogens is 1. The van der Waals surface area contributed by atoms with E-state index in [1.165, 1.54) is 17.3 Å². The number of aromatic amines is 1. The minimum absolute atomic E-state index is 0.288. The lowest BCUT2D eigenvalue weighted by Gasteiger charge is -2.29. The minimum Gasteiger partial charge on any atom is -0.381 e. The molecule has 26 heavy (non-hydrogen) atoms. The monoisotopic (exact) mass is 358 g/mol. The summed E-state index contributed by atoms with van der Waals surface area (Å²) in [6.07, 6.45) is 5.16. The van der Waals surface area contributed by atoms with Gasteiger partial charge in [-0.05, 0) is 49.5 Å². The first-order chi connectivity index (χ1) is 12.5. The van der Waals surface area contributed by atoms with Crippen molar-refractivity contribution in [2.75, 3.05) is 25.1 Å². The van der Waals surface area contributed by atoms with Gasteiger partial charge in [0.2, 0.25) is 5.95 Å². The Labute approximate surface area is 153 Å². The Balaban J connectivity index is 1.54. The van der Waals surface area contributed by atoms with Crippen LogP contribution in [0, 0.1) is 17.3 Å². The zero-order valence-electron chi connectivity index (χ0n) is 15.6. The van der Waals surface area contributed by atoms with E-state index < -0.39 is 5.95 Å². The van der Waals surface area contributed by atoms with Crippen LogP contribution in [0.4, 0.5) is 10.2 Å². The fraction of sp³-hybridized carbons (Fsp3) is 0.600.